The highest BCUT2D eigenvalue weighted by atomic mass is 79.9. The molecule has 1 aliphatic rings. The maximum atomic E-state index is 13.0. The Morgan fingerprint density at radius 2 is 2.00 bits per heavy atom. The van der Waals surface area contributed by atoms with Crippen LogP contribution in [0.2, 0.25) is 0 Å². The lowest BCUT2D eigenvalue weighted by Crippen LogP contribution is -2.23. The Morgan fingerprint density at radius 1 is 1.28 bits per heavy atom. The van der Waals surface area contributed by atoms with Gasteiger partial charge >= 0.3 is 0 Å². The minimum absolute atomic E-state index is 0.0784. The smallest absolute Gasteiger partial charge is 0.261 e. The van der Waals surface area contributed by atoms with Crippen LogP contribution in [0.1, 0.15) is 28.9 Å². The molecule has 4 nitrogen and oxygen atoms in total. The van der Waals surface area contributed by atoms with E-state index in [1.807, 2.05) is 10.6 Å². The van der Waals surface area contributed by atoms with Crippen LogP contribution in [0, 0.1) is 5.82 Å². The summed E-state index contributed by atoms with van der Waals surface area (Å²) in [7, 11) is 0. The van der Waals surface area contributed by atoms with Crippen molar-refractivity contribution in [3.05, 3.63) is 74.2 Å². The van der Waals surface area contributed by atoms with Gasteiger partial charge in [-0.15, -0.1) is 0 Å². The molecule has 0 aliphatic carbocycles. The number of hydrogen-bond donors (Lipinski definition) is 1. The first-order valence-corrected chi connectivity index (χ1v) is 8.67. The number of halogens is 2. The fourth-order valence-electron chi connectivity index (χ4n) is 3.35. The van der Waals surface area contributed by atoms with Crippen LogP contribution in [0.15, 0.2) is 51.9 Å². The van der Waals surface area contributed by atoms with Gasteiger partial charge in [-0.25, -0.2) is 4.39 Å². The average molecular weight is 401 g/mol. The van der Waals surface area contributed by atoms with Crippen molar-refractivity contribution in [3.63, 3.8) is 0 Å². The number of carbonyl (C=O) groups excluding carboxylic acids is 1. The van der Waals surface area contributed by atoms with Gasteiger partial charge < -0.3 is 9.88 Å². The maximum Gasteiger partial charge on any atom is 0.261 e. The molecule has 1 aliphatic heterocycles. The van der Waals surface area contributed by atoms with Crippen LogP contribution in [0.25, 0.3) is 10.9 Å². The third-order valence-corrected chi connectivity index (χ3v) is 4.96. The highest BCUT2D eigenvalue weighted by molar-refractivity contribution is 9.10. The van der Waals surface area contributed by atoms with Gasteiger partial charge in [0.2, 0.25) is 5.43 Å². The molecular formula is C19H14BrFN2O2. The molecule has 0 bridgehead atoms. The zero-order valence-corrected chi connectivity index (χ0v) is 14.9. The summed E-state index contributed by atoms with van der Waals surface area (Å²) in [6, 6.07) is 9.38. The molecule has 0 spiro atoms. The van der Waals surface area contributed by atoms with Gasteiger partial charge in [0.25, 0.3) is 5.91 Å². The molecule has 6 heteroatoms. The molecule has 0 saturated heterocycles. The van der Waals surface area contributed by atoms with Gasteiger partial charge in [-0.05, 0) is 55.3 Å². The van der Waals surface area contributed by atoms with Crippen molar-refractivity contribution in [3.8, 4) is 0 Å². The predicted octanol–water partition coefficient (Wildman–Crippen LogP) is 4.27. The van der Waals surface area contributed by atoms with Crippen LogP contribution >= 0.6 is 15.9 Å². The van der Waals surface area contributed by atoms with E-state index >= 15 is 0 Å². The van der Waals surface area contributed by atoms with Gasteiger partial charge in [0.1, 0.15) is 11.4 Å². The van der Waals surface area contributed by atoms with Gasteiger partial charge in [-0.2, -0.15) is 0 Å². The van der Waals surface area contributed by atoms with E-state index < -0.39 is 5.91 Å². The molecule has 1 N–H and O–H groups in total. The van der Waals surface area contributed by atoms with Crippen molar-refractivity contribution in [1.82, 2.24) is 4.57 Å². The molecule has 1 amide bonds. The third-order valence-electron chi connectivity index (χ3n) is 4.51. The van der Waals surface area contributed by atoms with Crippen molar-refractivity contribution in [2.24, 2.45) is 0 Å². The summed E-state index contributed by atoms with van der Waals surface area (Å²) < 4.78 is 15.8. The molecule has 126 valence electrons. The minimum atomic E-state index is -0.497. The Labute approximate surface area is 151 Å². The minimum Gasteiger partial charge on any atom is -0.343 e. The second kappa shape index (κ2) is 5.81. The number of pyridine rings is 1. The number of nitrogens with zero attached hydrogens (tertiary/aromatic N) is 1. The van der Waals surface area contributed by atoms with Gasteiger partial charge in [0.15, 0.2) is 0 Å². The second-order valence-electron chi connectivity index (χ2n) is 6.25. The number of benzene rings is 2. The summed E-state index contributed by atoms with van der Waals surface area (Å²) in [5.41, 5.74) is 2.20. The van der Waals surface area contributed by atoms with E-state index in [4.69, 9.17) is 0 Å². The van der Waals surface area contributed by atoms with E-state index in [-0.39, 0.29) is 22.9 Å². The molecule has 0 fully saturated rings. The molecule has 0 saturated carbocycles. The van der Waals surface area contributed by atoms with Crippen LogP contribution in [-0.2, 0) is 6.42 Å². The summed E-state index contributed by atoms with van der Waals surface area (Å²) in [5.74, 6) is -0.883. The zero-order chi connectivity index (χ0) is 17.7. The van der Waals surface area contributed by atoms with Crippen LogP contribution in [0.5, 0.6) is 0 Å². The summed E-state index contributed by atoms with van der Waals surface area (Å²) in [6.45, 7) is 2.06. The number of hydrogen-bond acceptors (Lipinski definition) is 2. The van der Waals surface area contributed by atoms with Gasteiger partial charge in [-0.3, -0.25) is 9.59 Å². The highest BCUT2D eigenvalue weighted by Gasteiger charge is 2.25. The van der Waals surface area contributed by atoms with Crippen molar-refractivity contribution in [2.45, 2.75) is 19.4 Å². The van der Waals surface area contributed by atoms with Crippen LogP contribution < -0.4 is 10.7 Å². The molecular weight excluding hydrogens is 387 g/mol. The SMILES string of the molecule is C[C@H]1Cc2cc(Br)cc3c(=O)c(C(=O)Nc4ccc(F)cc4)cn1c23. The molecule has 4 rings (SSSR count). The van der Waals surface area contributed by atoms with Crippen molar-refractivity contribution >= 4 is 38.4 Å². The Bertz CT molecular complexity index is 1070. The largest absolute Gasteiger partial charge is 0.343 e. The topological polar surface area (TPSA) is 51.1 Å². The number of rotatable bonds is 2. The molecule has 25 heavy (non-hydrogen) atoms. The van der Waals surface area contributed by atoms with Crippen LogP contribution in [0.4, 0.5) is 10.1 Å². The monoisotopic (exact) mass is 400 g/mol. The Hall–Kier alpha value is -2.47. The summed E-state index contributed by atoms with van der Waals surface area (Å²) in [5, 5.41) is 3.19. The lowest BCUT2D eigenvalue weighted by Gasteiger charge is -2.13. The molecule has 0 radical (unpaired) electrons. The standard InChI is InChI=1S/C19H14BrFN2O2/c1-10-6-11-7-12(20)8-15-17(11)23(10)9-16(18(15)24)19(25)22-14-4-2-13(21)3-5-14/h2-5,7-10H,6H2,1H3,(H,22,25)/t10-/m0/s1. The first kappa shape index (κ1) is 16.0. The van der Waals surface area contributed by atoms with Crippen molar-refractivity contribution < 1.29 is 9.18 Å². The summed E-state index contributed by atoms with van der Waals surface area (Å²) in [4.78, 5) is 25.5. The average Bonchev–Trinajstić information content (AvgIpc) is 2.88. The molecule has 2 heterocycles. The predicted molar refractivity (Wildman–Crippen MR) is 98.7 cm³/mol. The summed E-state index contributed by atoms with van der Waals surface area (Å²) >= 11 is 3.44. The van der Waals surface area contributed by atoms with E-state index in [0.717, 1.165) is 22.0 Å². The number of carbonyl (C=O) groups is 1. The van der Waals surface area contributed by atoms with Crippen LogP contribution in [0.3, 0.4) is 0 Å². The van der Waals surface area contributed by atoms with Gasteiger partial charge in [0, 0.05) is 27.8 Å². The lowest BCUT2D eigenvalue weighted by atomic mass is 10.1. The molecule has 1 atom stereocenters. The van der Waals surface area contributed by atoms with Gasteiger partial charge in [-0.1, -0.05) is 15.9 Å². The van der Waals surface area contributed by atoms with E-state index in [2.05, 4.69) is 28.2 Å². The fraction of sp³-hybridized carbons (Fsp3) is 0.158. The quantitative estimate of drug-likeness (QED) is 0.697. The van der Waals surface area contributed by atoms with E-state index in [9.17, 15) is 14.0 Å². The van der Waals surface area contributed by atoms with Crippen molar-refractivity contribution in [1.29, 1.82) is 0 Å². The first-order valence-electron chi connectivity index (χ1n) is 7.88. The first-order chi connectivity index (χ1) is 11.9. The van der Waals surface area contributed by atoms with Gasteiger partial charge in [0.05, 0.1) is 5.52 Å². The number of nitrogens with one attached hydrogen (secondary N) is 1. The molecule has 2 aromatic carbocycles. The summed E-state index contributed by atoms with van der Waals surface area (Å²) in [6.07, 6.45) is 2.44. The molecule has 3 aromatic rings. The number of anilines is 1. The molecule has 1 aromatic heterocycles. The maximum absolute atomic E-state index is 13.0. The van der Waals surface area contributed by atoms with E-state index in [0.29, 0.717) is 11.1 Å². The van der Waals surface area contributed by atoms with E-state index in [1.165, 1.54) is 24.3 Å². The Kier molecular flexibility index (Phi) is 3.72. The molecule has 0 unspecified atom stereocenters. The Morgan fingerprint density at radius 3 is 2.72 bits per heavy atom. The Balaban J connectivity index is 1.83. The van der Waals surface area contributed by atoms with E-state index in [1.54, 1.807) is 12.3 Å². The third kappa shape index (κ3) is 2.66. The number of aromatic nitrogens is 1. The number of amides is 1. The van der Waals surface area contributed by atoms with Crippen molar-refractivity contribution in [2.75, 3.05) is 5.32 Å². The second-order valence-corrected chi connectivity index (χ2v) is 7.17. The lowest BCUT2D eigenvalue weighted by molar-refractivity contribution is 0.102. The zero-order valence-electron chi connectivity index (χ0n) is 13.3. The normalized spacial score (nSPS) is 15.6. The van der Waals surface area contributed by atoms with Crippen LogP contribution in [-0.4, -0.2) is 10.5 Å². The fourth-order valence-corrected chi connectivity index (χ4v) is 3.86. The highest BCUT2D eigenvalue weighted by Crippen LogP contribution is 2.33.